The number of nitrogens with two attached hydrogens (primary N) is 1. The fourth-order valence-electron chi connectivity index (χ4n) is 2.37. The lowest BCUT2D eigenvalue weighted by atomic mass is 10.1. The van der Waals surface area contributed by atoms with Crippen LogP contribution in [0.5, 0.6) is 0 Å². The molecule has 1 aliphatic heterocycles. The maximum atomic E-state index is 12.5. The van der Waals surface area contributed by atoms with Crippen molar-refractivity contribution in [2.24, 2.45) is 5.73 Å². The fourth-order valence-corrected chi connectivity index (χ4v) is 3.84. The first-order chi connectivity index (χ1) is 10.8. The van der Waals surface area contributed by atoms with Crippen molar-refractivity contribution in [2.45, 2.75) is 23.8 Å². The van der Waals surface area contributed by atoms with Crippen molar-refractivity contribution in [1.82, 2.24) is 4.31 Å². The van der Waals surface area contributed by atoms with E-state index in [1.807, 2.05) is 0 Å². The largest absolute Gasteiger partial charge is 0.480 e. The molecule has 3 N–H and O–H groups in total. The summed E-state index contributed by atoms with van der Waals surface area (Å²) in [5.41, 5.74) is 5.37. The molecule has 23 heavy (non-hydrogen) atoms. The molecule has 0 aromatic heterocycles. The number of aliphatic carboxylic acids is 1. The number of primary amides is 1. The molecule has 0 aliphatic carbocycles. The molecular formula is C14H18N2O6S. The summed E-state index contributed by atoms with van der Waals surface area (Å²) in [5, 5.41) is 8.57. The fraction of sp³-hybridized carbons (Fsp3) is 0.429. The summed E-state index contributed by atoms with van der Waals surface area (Å²) in [6.45, 7) is 0.125. The number of nitrogens with zero attached hydrogens (tertiary/aromatic N) is 1. The van der Waals surface area contributed by atoms with E-state index in [9.17, 15) is 18.0 Å². The van der Waals surface area contributed by atoms with Crippen LogP contribution in [0.4, 0.5) is 0 Å². The van der Waals surface area contributed by atoms with Gasteiger partial charge in [-0.15, -0.1) is 0 Å². The second-order valence-corrected chi connectivity index (χ2v) is 7.13. The monoisotopic (exact) mass is 342 g/mol. The lowest BCUT2D eigenvalue weighted by Crippen LogP contribution is -2.41. The van der Waals surface area contributed by atoms with Crippen molar-refractivity contribution in [3.05, 3.63) is 29.8 Å². The minimum Gasteiger partial charge on any atom is -0.480 e. The van der Waals surface area contributed by atoms with Gasteiger partial charge in [0, 0.05) is 18.7 Å². The second kappa shape index (κ2) is 7.07. The molecule has 0 saturated carbocycles. The molecule has 1 aliphatic rings. The van der Waals surface area contributed by atoms with Gasteiger partial charge in [0.2, 0.25) is 15.9 Å². The van der Waals surface area contributed by atoms with Crippen molar-refractivity contribution >= 4 is 21.9 Å². The number of piperidine rings is 1. The Bertz CT molecular complexity index is 678. The van der Waals surface area contributed by atoms with Crippen LogP contribution >= 0.6 is 0 Å². The van der Waals surface area contributed by atoms with Crippen molar-refractivity contribution in [3.8, 4) is 0 Å². The van der Waals surface area contributed by atoms with Crippen LogP contribution < -0.4 is 5.73 Å². The standard InChI is InChI=1S/C14H18N2O6S/c15-14(19)10-1-3-12(4-2-10)23(20,21)16-7-5-11(6-8-16)22-9-13(17)18/h1-4,11H,5-9H2,(H2,15,19)(H,17,18). The Labute approximate surface area is 133 Å². The maximum absolute atomic E-state index is 12.5. The van der Waals surface area contributed by atoms with Crippen LogP contribution in [0.15, 0.2) is 29.2 Å². The molecule has 9 heteroatoms. The predicted octanol–water partition coefficient (Wildman–Crippen LogP) is 0.0398. The van der Waals surface area contributed by atoms with E-state index >= 15 is 0 Å². The molecule has 1 fully saturated rings. The SMILES string of the molecule is NC(=O)c1ccc(S(=O)(=O)N2CCC(OCC(=O)O)CC2)cc1. The Morgan fingerprint density at radius 1 is 1.22 bits per heavy atom. The minimum atomic E-state index is -3.65. The van der Waals surface area contributed by atoms with Crippen LogP contribution in [-0.2, 0) is 19.6 Å². The third-order valence-corrected chi connectivity index (χ3v) is 5.53. The van der Waals surface area contributed by atoms with E-state index in [0.29, 0.717) is 12.8 Å². The molecule has 0 radical (unpaired) electrons. The van der Waals surface area contributed by atoms with Gasteiger partial charge < -0.3 is 15.6 Å². The van der Waals surface area contributed by atoms with Gasteiger partial charge in [0.25, 0.3) is 0 Å². The van der Waals surface area contributed by atoms with Gasteiger partial charge in [0.15, 0.2) is 0 Å². The van der Waals surface area contributed by atoms with Gasteiger partial charge in [-0.2, -0.15) is 4.31 Å². The molecule has 1 aromatic rings. The normalized spacial score (nSPS) is 17.0. The number of rotatable bonds is 6. The number of carboxylic acid groups (broad SMARTS) is 1. The average molecular weight is 342 g/mol. The number of carbonyl (C=O) groups excluding carboxylic acids is 1. The lowest BCUT2D eigenvalue weighted by Gasteiger charge is -2.30. The smallest absolute Gasteiger partial charge is 0.329 e. The number of hydrogen-bond donors (Lipinski definition) is 2. The molecule has 1 heterocycles. The summed E-state index contributed by atoms with van der Waals surface area (Å²) < 4.78 is 31.5. The number of ether oxygens (including phenoxy) is 1. The topological polar surface area (TPSA) is 127 Å². The Hall–Kier alpha value is -1.97. The van der Waals surface area contributed by atoms with E-state index in [1.165, 1.54) is 28.6 Å². The molecule has 1 amide bonds. The van der Waals surface area contributed by atoms with Gasteiger partial charge in [0.05, 0.1) is 11.0 Å². The number of carboxylic acids is 1. The highest BCUT2D eigenvalue weighted by molar-refractivity contribution is 7.89. The molecule has 126 valence electrons. The first kappa shape index (κ1) is 17.4. The Balaban J connectivity index is 2.01. The zero-order valence-corrected chi connectivity index (χ0v) is 13.2. The molecule has 0 unspecified atom stereocenters. The van der Waals surface area contributed by atoms with Crippen LogP contribution in [0.1, 0.15) is 23.2 Å². The Morgan fingerprint density at radius 2 is 1.78 bits per heavy atom. The van der Waals surface area contributed by atoms with Gasteiger partial charge >= 0.3 is 5.97 Å². The molecule has 1 saturated heterocycles. The van der Waals surface area contributed by atoms with E-state index in [1.54, 1.807) is 0 Å². The zero-order valence-electron chi connectivity index (χ0n) is 12.3. The Kier molecular flexibility index (Phi) is 5.34. The van der Waals surface area contributed by atoms with Crippen LogP contribution in [0, 0.1) is 0 Å². The van der Waals surface area contributed by atoms with Crippen molar-refractivity contribution in [1.29, 1.82) is 0 Å². The van der Waals surface area contributed by atoms with E-state index in [2.05, 4.69) is 0 Å². The number of sulfonamides is 1. The van der Waals surface area contributed by atoms with E-state index in [-0.39, 0.29) is 36.3 Å². The number of benzene rings is 1. The van der Waals surface area contributed by atoms with Crippen molar-refractivity contribution in [2.75, 3.05) is 19.7 Å². The van der Waals surface area contributed by atoms with Gasteiger partial charge in [-0.25, -0.2) is 13.2 Å². The quantitative estimate of drug-likeness (QED) is 0.751. The summed E-state index contributed by atoms with van der Waals surface area (Å²) in [6, 6.07) is 5.45. The van der Waals surface area contributed by atoms with Gasteiger partial charge in [-0.3, -0.25) is 4.79 Å². The number of amides is 1. The predicted molar refractivity (Wildman–Crippen MR) is 80.3 cm³/mol. The highest BCUT2D eigenvalue weighted by Gasteiger charge is 2.30. The first-order valence-electron chi connectivity index (χ1n) is 7.04. The van der Waals surface area contributed by atoms with E-state index in [0.717, 1.165) is 0 Å². The molecular weight excluding hydrogens is 324 g/mol. The summed E-state index contributed by atoms with van der Waals surface area (Å²) in [5.74, 6) is -1.67. The Morgan fingerprint density at radius 3 is 2.26 bits per heavy atom. The lowest BCUT2D eigenvalue weighted by molar-refractivity contribution is -0.145. The molecule has 1 aromatic carbocycles. The molecule has 0 bridgehead atoms. The summed E-state index contributed by atoms with van der Waals surface area (Å²) in [6.07, 6.45) is 0.618. The number of carbonyl (C=O) groups is 2. The summed E-state index contributed by atoms with van der Waals surface area (Å²) >= 11 is 0. The first-order valence-corrected chi connectivity index (χ1v) is 8.48. The third-order valence-electron chi connectivity index (χ3n) is 3.62. The van der Waals surface area contributed by atoms with Gasteiger partial charge in [-0.1, -0.05) is 0 Å². The average Bonchev–Trinajstić information content (AvgIpc) is 2.53. The van der Waals surface area contributed by atoms with Gasteiger partial charge in [-0.05, 0) is 37.1 Å². The second-order valence-electron chi connectivity index (χ2n) is 5.20. The maximum Gasteiger partial charge on any atom is 0.329 e. The van der Waals surface area contributed by atoms with Crippen molar-refractivity contribution < 1.29 is 27.9 Å². The van der Waals surface area contributed by atoms with Crippen LogP contribution in [-0.4, -0.2) is 55.5 Å². The van der Waals surface area contributed by atoms with Crippen LogP contribution in [0.3, 0.4) is 0 Å². The zero-order chi connectivity index (χ0) is 17.0. The summed E-state index contributed by atoms with van der Waals surface area (Å²) in [4.78, 5) is 21.6. The highest BCUT2D eigenvalue weighted by Crippen LogP contribution is 2.22. The minimum absolute atomic E-state index is 0.0902. The third kappa shape index (κ3) is 4.27. The van der Waals surface area contributed by atoms with Crippen LogP contribution in [0.25, 0.3) is 0 Å². The van der Waals surface area contributed by atoms with Gasteiger partial charge in [0.1, 0.15) is 6.61 Å². The summed E-state index contributed by atoms with van der Waals surface area (Å²) in [7, 11) is -3.65. The molecule has 2 rings (SSSR count). The van der Waals surface area contributed by atoms with Crippen molar-refractivity contribution in [3.63, 3.8) is 0 Å². The van der Waals surface area contributed by atoms with E-state index in [4.69, 9.17) is 15.6 Å². The highest BCUT2D eigenvalue weighted by atomic mass is 32.2. The molecule has 0 atom stereocenters. The molecule has 8 nitrogen and oxygen atoms in total. The van der Waals surface area contributed by atoms with Crippen LogP contribution in [0.2, 0.25) is 0 Å². The number of hydrogen-bond acceptors (Lipinski definition) is 5. The molecule has 0 spiro atoms. The van der Waals surface area contributed by atoms with E-state index < -0.39 is 21.9 Å².